The largest absolute Gasteiger partial charge is 0.377 e. The molecule has 108 valence electrons. The molecule has 1 aromatic carbocycles. The number of rotatable bonds is 5. The van der Waals surface area contributed by atoms with Crippen LogP contribution in [0.1, 0.15) is 17.8 Å². The predicted octanol–water partition coefficient (Wildman–Crippen LogP) is 3.67. The molecule has 0 saturated carbocycles. The van der Waals surface area contributed by atoms with Gasteiger partial charge in [0.15, 0.2) is 0 Å². The van der Waals surface area contributed by atoms with Crippen molar-refractivity contribution >= 4 is 37.5 Å². The van der Waals surface area contributed by atoms with Gasteiger partial charge in [0.05, 0.1) is 29.5 Å². The minimum absolute atomic E-state index is 0.444. The fraction of sp³-hybridized carbons (Fsp3) is 0.533. The molecule has 0 radical (unpaired) electrons. The van der Waals surface area contributed by atoms with E-state index in [1.165, 1.54) is 9.71 Å². The Kier molecular flexibility index (Phi) is 5.04. The first-order chi connectivity index (χ1) is 9.85. The first-order valence-electron chi connectivity index (χ1n) is 7.09. The molecular weight excluding hydrogens is 336 g/mol. The lowest BCUT2D eigenvalue weighted by Gasteiger charge is -2.31. The number of benzene rings is 1. The number of ether oxygens (including phenoxy) is 1. The smallest absolute Gasteiger partial charge is 0.108 e. The van der Waals surface area contributed by atoms with Crippen LogP contribution in [0.5, 0.6) is 0 Å². The van der Waals surface area contributed by atoms with Crippen molar-refractivity contribution in [3.8, 4) is 0 Å². The Morgan fingerprint density at radius 1 is 1.30 bits per heavy atom. The molecule has 2 aromatic rings. The number of hydrogen-bond donors (Lipinski definition) is 0. The van der Waals surface area contributed by atoms with Crippen LogP contribution in [0.3, 0.4) is 0 Å². The first-order valence-corrected chi connectivity index (χ1v) is 9.03. The van der Waals surface area contributed by atoms with Gasteiger partial charge in [-0.3, -0.25) is 4.90 Å². The summed E-state index contributed by atoms with van der Waals surface area (Å²) in [5.41, 5.74) is 1.13. The number of alkyl halides is 1. The zero-order valence-electron chi connectivity index (χ0n) is 11.4. The highest BCUT2D eigenvalue weighted by molar-refractivity contribution is 9.09. The molecule has 1 aliphatic heterocycles. The van der Waals surface area contributed by atoms with Gasteiger partial charge >= 0.3 is 0 Å². The van der Waals surface area contributed by atoms with Gasteiger partial charge in [0.1, 0.15) is 5.01 Å². The molecule has 2 heterocycles. The van der Waals surface area contributed by atoms with E-state index in [1.807, 2.05) is 11.3 Å². The lowest BCUT2D eigenvalue weighted by atomic mass is 10.1. The Balaban J connectivity index is 1.54. The van der Waals surface area contributed by atoms with Crippen LogP contribution in [0, 0.1) is 0 Å². The molecule has 0 atom stereocenters. The molecule has 3 nitrogen and oxygen atoms in total. The monoisotopic (exact) mass is 354 g/mol. The average molecular weight is 355 g/mol. The van der Waals surface area contributed by atoms with Crippen molar-refractivity contribution in [2.75, 3.05) is 25.0 Å². The van der Waals surface area contributed by atoms with E-state index in [0.29, 0.717) is 6.10 Å². The number of fused-ring (bicyclic) bond motifs is 1. The summed E-state index contributed by atoms with van der Waals surface area (Å²) >= 11 is 5.22. The molecular formula is C15H19BrN2OS. The van der Waals surface area contributed by atoms with Gasteiger partial charge in [-0.1, -0.05) is 28.1 Å². The summed E-state index contributed by atoms with van der Waals surface area (Å²) < 4.78 is 7.08. The molecule has 1 aliphatic rings. The highest BCUT2D eigenvalue weighted by Gasteiger charge is 2.20. The highest BCUT2D eigenvalue weighted by Crippen LogP contribution is 2.24. The molecule has 3 rings (SSSR count). The van der Waals surface area contributed by atoms with Gasteiger partial charge in [-0.15, -0.1) is 11.3 Å². The molecule has 0 spiro atoms. The maximum atomic E-state index is 5.79. The highest BCUT2D eigenvalue weighted by atomic mass is 79.9. The second-order valence-electron chi connectivity index (χ2n) is 5.11. The second-order valence-corrected chi connectivity index (χ2v) is 7.02. The molecule has 0 bridgehead atoms. The van der Waals surface area contributed by atoms with E-state index in [9.17, 15) is 0 Å². The Morgan fingerprint density at radius 3 is 2.85 bits per heavy atom. The average Bonchev–Trinajstić information content (AvgIpc) is 2.89. The molecule has 1 saturated heterocycles. The lowest BCUT2D eigenvalue weighted by Crippen LogP contribution is -2.36. The third-order valence-electron chi connectivity index (χ3n) is 3.66. The Labute approximate surface area is 132 Å². The number of likely N-dealkylation sites (tertiary alicyclic amines) is 1. The number of para-hydroxylation sites is 1. The van der Waals surface area contributed by atoms with Crippen LogP contribution in [0.25, 0.3) is 10.2 Å². The molecule has 1 fully saturated rings. The molecule has 0 aliphatic carbocycles. The van der Waals surface area contributed by atoms with Gasteiger partial charge in [-0.2, -0.15) is 0 Å². The predicted molar refractivity (Wildman–Crippen MR) is 87.7 cm³/mol. The van der Waals surface area contributed by atoms with Crippen molar-refractivity contribution in [2.45, 2.75) is 25.5 Å². The van der Waals surface area contributed by atoms with E-state index in [-0.39, 0.29) is 0 Å². The van der Waals surface area contributed by atoms with Gasteiger partial charge in [0.2, 0.25) is 0 Å². The second kappa shape index (κ2) is 6.98. The van der Waals surface area contributed by atoms with Gasteiger partial charge < -0.3 is 4.74 Å². The molecule has 0 N–H and O–H groups in total. The van der Waals surface area contributed by atoms with Crippen molar-refractivity contribution in [3.63, 3.8) is 0 Å². The summed E-state index contributed by atoms with van der Waals surface area (Å²) in [6, 6.07) is 8.38. The van der Waals surface area contributed by atoms with Crippen molar-refractivity contribution in [3.05, 3.63) is 29.3 Å². The maximum absolute atomic E-state index is 5.79. The van der Waals surface area contributed by atoms with Crippen molar-refractivity contribution in [1.29, 1.82) is 0 Å². The van der Waals surface area contributed by atoms with Crippen LogP contribution in [0.4, 0.5) is 0 Å². The van der Waals surface area contributed by atoms with Crippen LogP contribution < -0.4 is 0 Å². The van der Waals surface area contributed by atoms with Crippen molar-refractivity contribution < 1.29 is 4.74 Å². The summed E-state index contributed by atoms with van der Waals surface area (Å²) in [5, 5.41) is 2.16. The molecule has 5 heteroatoms. The van der Waals surface area contributed by atoms with E-state index < -0.39 is 0 Å². The minimum atomic E-state index is 0.444. The SMILES string of the molecule is BrCCOC1CCN(Cc2nc3ccccc3s2)CC1. The minimum Gasteiger partial charge on any atom is -0.377 e. The molecule has 0 amide bonds. The number of aromatic nitrogens is 1. The zero-order valence-corrected chi connectivity index (χ0v) is 13.8. The zero-order chi connectivity index (χ0) is 13.8. The van der Waals surface area contributed by atoms with E-state index in [2.05, 4.69) is 45.1 Å². The molecule has 1 aromatic heterocycles. The van der Waals surface area contributed by atoms with Gasteiger partial charge in [0.25, 0.3) is 0 Å². The van der Waals surface area contributed by atoms with Gasteiger partial charge in [-0.05, 0) is 25.0 Å². The maximum Gasteiger partial charge on any atom is 0.108 e. The third-order valence-corrected chi connectivity index (χ3v) is 5.01. The fourth-order valence-electron chi connectivity index (χ4n) is 2.62. The van der Waals surface area contributed by atoms with E-state index in [4.69, 9.17) is 9.72 Å². The standard InChI is InChI=1S/C15H19BrN2OS/c16-7-10-19-12-5-8-18(9-6-12)11-15-17-13-3-1-2-4-14(13)20-15/h1-4,12H,5-11H2. The summed E-state index contributed by atoms with van der Waals surface area (Å²) in [6.07, 6.45) is 2.72. The van der Waals surface area contributed by atoms with Crippen LogP contribution in [0.15, 0.2) is 24.3 Å². The van der Waals surface area contributed by atoms with Gasteiger partial charge in [0, 0.05) is 18.4 Å². The molecule has 0 unspecified atom stereocenters. The summed E-state index contributed by atoms with van der Waals surface area (Å²) in [5.74, 6) is 0. The topological polar surface area (TPSA) is 25.4 Å². The Hall–Kier alpha value is -0.490. The summed E-state index contributed by atoms with van der Waals surface area (Å²) in [7, 11) is 0. The number of halogens is 1. The van der Waals surface area contributed by atoms with Crippen LogP contribution in [-0.2, 0) is 11.3 Å². The summed E-state index contributed by atoms with van der Waals surface area (Å²) in [6.45, 7) is 4.03. The lowest BCUT2D eigenvalue weighted by molar-refractivity contribution is 0.0141. The van der Waals surface area contributed by atoms with E-state index in [0.717, 1.165) is 49.9 Å². The van der Waals surface area contributed by atoms with Crippen molar-refractivity contribution in [1.82, 2.24) is 9.88 Å². The van der Waals surface area contributed by atoms with Gasteiger partial charge in [-0.25, -0.2) is 4.98 Å². The van der Waals surface area contributed by atoms with Crippen LogP contribution in [0.2, 0.25) is 0 Å². The Morgan fingerprint density at radius 2 is 2.10 bits per heavy atom. The first kappa shape index (κ1) is 14.4. The van der Waals surface area contributed by atoms with E-state index >= 15 is 0 Å². The third kappa shape index (κ3) is 3.58. The van der Waals surface area contributed by atoms with E-state index in [1.54, 1.807) is 0 Å². The van der Waals surface area contributed by atoms with Crippen molar-refractivity contribution in [2.24, 2.45) is 0 Å². The normalized spacial score (nSPS) is 17.9. The number of piperidine rings is 1. The summed E-state index contributed by atoms with van der Waals surface area (Å²) in [4.78, 5) is 7.21. The Bertz CT molecular complexity index is 519. The van der Waals surface area contributed by atoms with Crippen LogP contribution in [-0.4, -0.2) is 41.0 Å². The number of thiazole rings is 1. The van der Waals surface area contributed by atoms with Crippen LogP contribution >= 0.6 is 27.3 Å². The number of nitrogens with zero attached hydrogens (tertiary/aromatic N) is 2. The molecule has 20 heavy (non-hydrogen) atoms. The fourth-order valence-corrected chi connectivity index (χ4v) is 3.82. The quantitative estimate of drug-likeness (QED) is 0.766. The number of hydrogen-bond acceptors (Lipinski definition) is 4.